The van der Waals surface area contributed by atoms with Gasteiger partial charge in [-0.3, -0.25) is 0 Å². The van der Waals surface area contributed by atoms with Crippen LogP contribution in [0.1, 0.15) is 12.8 Å². The van der Waals surface area contributed by atoms with Crippen molar-refractivity contribution in [2.24, 2.45) is 5.16 Å². The molecular weight excluding hydrogens is 269 g/mol. The number of halogens is 1. The van der Waals surface area contributed by atoms with E-state index in [1.54, 1.807) is 18.3 Å². The van der Waals surface area contributed by atoms with E-state index in [4.69, 9.17) is 5.21 Å². The molecule has 5 heteroatoms. The Balaban J connectivity index is 1.77. The monoisotopic (exact) mass is 285 g/mol. The Morgan fingerprint density at radius 3 is 2.48 bits per heavy atom. The third-order valence-corrected chi connectivity index (χ3v) is 3.74. The third kappa shape index (κ3) is 2.86. The van der Waals surface area contributed by atoms with Crippen molar-refractivity contribution in [2.75, 3.05) is 18.0 Å². The smallest absolute Gasteiger partial charge is 0.131 e. The molecule has 1 saturated heterocycles. The topological polar surface area (TPSA) is 48.7 Å². The van der Waals surface area contributed by atoms with Gasteiger partial charge in [0.15, 0.2) is 0 Å². The Bertz CT molecular complexity index is 645. The predicted octanol–water partition coefficient (Wildman–Crippen LogP) is 3.32. The molecular formula is C16H16FN3O. The van der Waals surface area contributed by atoms with Crippen molar-refractivity contribution in [3.63, 3.8) is 0 Å². The second-order valence-corrected chi connectivity index (χ2v) is 5.04. The summed E-state index contributed by atoms with van der Waals surface area (Å²) in [6, 6.07) is 10.5. The van der Waals surface area contributed by atoms with E-state index in [1.165, 1.54) is 6.07 Å². The summed E-state index contributed by atoms with van der Waals surface area (Å²) in [5.41, 5.74) is 2.16. The minimum atomic E-state index is -0.242. The highest BCUT2D eigenvalue weighted by Gasteiger charge is 2.16. The molecule has 21 heavy (non-hydrogen) atoms. The highest BCUT2D eigenvalue weighted by molar-refractivity contribution is 5.86. The molecule has 1 N–H and O–H groups in total. The number of pyridine rings is 1. The number of anilines is 1. The maximum atomic E-state index is 13.7. The number of hydrogen-bond acceptors (Lipinski definition) is 4. The normalized spacial score (nSPS) is 15.1. The Hall–Kier alpha value is -2.43. The molecule has 108 valence electrons. The van der Waals surface area contributed by atoms with Crippen LogP contribution in [0.5, 0.6) is 0 Å². The van der Waals surface area contributed by atoms with E-state index in [0.29, 0.717) is 5.56 Å². The molecule has 2 aromatic rings. The van der Waals surface area contributed by atoms with E-state index in [-0.39, 0.29) is 5.82 Å². The first-order chi connectivity index (χ1) is 10.3. The summed E-state index contributed by atoms with van der Waals surface area (Å²) < 4.78 is 13.7. The van der Waals surface area contributed by atoms with Gasteiger partial charge in [-0.05, 0) is 18.2 Å². The number of nitrogens with zero attached hydrogens (tertiary/aromatic N) is 3. The third-order valence-electron chi connectivity index (χ3n) is 3.74. The van der Waals surface area contributed by atoms with Crippen molar-refractivity contribution in [3.8, 4) is 11.1 Å². The number of oxime groups is 1. The fourth-order valence-corrected chi connectivity index (χ4v) is 2.52. The molecule has 0 unspecified atom stereocenters. The summed E-state index contributed by atoms with van der Waals surface area (Å²) in [5, 5.41) is 12.0. The Kier molecular flexibility index (Phi) is 3.81. The van der Waals surface area contributed by atoms with Crippen molar-refractivity contribution >= 4 is 11.5 Å². The average Bonchev–Trinajstić information content (AvgIpc) is 2.56. The average molecular weight is 285 g/mol. The lowest BCUT2D eigenvalue weighted by atomic mass is 10.1. The number of benzene rings is 1. The molecule has 0 bridgehead atoms. The van der Waals surface area contributed by atoms with Crippen LogP contribution < -0.4 is 4.90 Å². The Labute approximate surface area is 122 Å². The summed E-state index contributed by atoms with van der Waals surface area (Å²) in [4.78, 5) is 6.57. The van der Waals surface area contributed by atoms with Crippen LogP contribution in [0.4, 0.5) is 10.2 Å². The maximum absolute atomic E-state index is 13.7. The van der Waals surface area contributed by atoms with Gasteiger partial charge in [-0.15, -0.1) is 0 Å². The van der Waals surface area contributed by atoms with E-state index in [9.17, 15) is 4.39 Å². The molecule has 4 nitrogen and oxygen atoms in total. The summed E-state index contributed by atoms with van der Waals surface area (Å²) in [6.07, 6.45) is 3.18. The summed E-state index contributed by atoms with van der Waals surface area (Å²) >= 11 is 0. The van der Waals surface area contributed by atoms with Gasteiger partial charge < -0.3 is 10.1 Å². The van der Waals surface area contributed by atoms with Gasteiger partial charge >= 0.3 is 0 Å². The fourth-order valence-electron chi connectivity index (χ4n) is 2.52. The van der Waals surface area contributed by atoms with E-state index >= 15 is 0 Å². The zero-order valence-corrected chi connectivity index (χ0v) is 11.5. The van der Waals surface area contributed by atoms with Gasteiger partial charge in [0, 0.05) is 43.3 Å². The highest BCUT2D eigenvalue weighted by atomic mass is 19.1. The lowest BCUT2D eigenvalue weighted by Gasteiger charge is -2.28. The molecule has 3 rings (SSSR count). The minimum absolute atomic E-state index is 0.242. The standard InChI is InChI=1S/C16H16FN3O/c17-15-4-2-1-3-14(15)12-5-6-16(18-11-12)20-9-7-13(19-21)8-10-20/h1-6,11,21H,7-10H2. The number of aromatic nitrogens is 1. The SMILES string of the molecule is ON=C1CCN(c2ccc(-c3ccccc3F)cn2)CC1. The largest absolute Gasteiger partial charge is 0.411 e. The molecule has 2 heterocycles. The molecule has 0 aliphatic carbocycles. The van der Waals surface area contributed by atoms with Crippen LogP contribution in [0.15, 0.2) is 47.8 Å². The highest BCUT2D eigenvalue weighted by Crippen LogP contribution is 2.24. The summed E-state index contributed by atoms with van der Waals surface area (Å²) in [6.45, 7) is 1.57. The maximum Gasteiger partial charge on any atom is 0.131 e. The fraction of sp³-hybridized carbons (Fsp3) is 0.250. The minimum Gasteiger partial charge on any atom is -0.411 e. The first kappa shape index (κ1) is 13.5. The van der Waals surface area contributed by atoms with Gasteiger partial charge in [0.25, 0.3) is 0 Å². The van der Waals surface area contributed by atoms with Crippen LogP contribution in [-0.4, -0.2) is 29.0 Å². The molecule has 0 amide bonds. The van der Waals surface area contributed by atoms with Gasteiger partial charge in [-0.2, -0.15) is 0 Å². The van der Waals surface area contributed by atoms with Gasteiger partial charge in [-0.1, -0.05) is 23.4 Å². The number of rotatable bonds is 2. The zero-order valence-electron chi connectivity index (χ0n) is 11.5. The number of hydrogen-bond donors (Lipinski definition) is 1. The van der Waals surface area contributed by atoms with Crippen molar-refractivity contribution in [3.05, 3.63) is 48.4 Å². The lowest BCUT2D eigenvalue weighted by molar-refractivity contribution is 0.315. The van der Waals surface area contributed by atoms with E-state index < -0.39 is 0 Å². The molecule has 1 fully saturated rings. The van der Waals surface area contributed by atoms with Gasteiger partial charge in [-0.25, -0.2) is 9.37 Å². The van der Waals surface area contributed by atoms with Crippen LogP contribution in [0.25, 0.3) is 11.1 Å². The molecule has 1 aliphatic rings. The Morgan fingerprint density at radius 2 is 1.86 bits per heavy atom. The molecule has 0 radical (unpaired) electrons. The summed E-state index contributed by atoms with van der Waals surface area (Å²) in [7, 11) is 0. The van der Waals surface area contributed by atoms with Crippen molar-refractivity contribution < 1.29 is 9.60 Å². The van der Waals surface area contributed by atoms with Crippen molar-refractivity contribution in [1.82, 2.24) is 4.98 Å². The lowest BCUT2D eigenvalue weighted by Crippen LogP contribution is -2.34. The van der Waals surface area contributed by atoms with Crippen LogP contribution in [-0.2, 0) is 0 Å². The quantitative estimate of drug-likeness (QED) is 0.680. The first-order valence-electron chi connectivity index (χ1n) is 6.93. The molecule has 0 saturated carbocycles. The van der Waals surface area contributed by atoms with Gasteiger partial charge in [0.2, 0.25) is 0 Å². The molecule has 1 aromatic carbocycles. The first-order valence-corrected chi connectivity index (χ1v) is 6.93. The van der Waals surface area contributed by atoms with Crippen LogP contribution >= 0.6 is 0 Å². The molecule has 0 atom stereocenters. The van der Waals surface area contributed by atoms with E-state index in [2.05, 4.69) is 15.0 Å². The van der Waals surface area contributed by atoms with Crippen LogP contribution in [0.3, 0.4) is 0 Å². The molecule has 0 spiro atoms. The second kappa shape index (κ2) is 5.91. The number of piperidine rings is 1. The van der Waals surface area contributed by atoms with E-state index in [0.717, 1.165) is 43.0 Å². The summed E-state index contributed by atoms with van der Waals surface area (Å²) in [5.74, 6) is 0.626. The van der Waals surface area contributed by atoms with Gasteiger partial charge in [0.1, 0.15) is 11.6 Å². The van der Waals surface area contributed by atoms with Gasteiger partial charge in [0.05, 0.1) is 5.71 Å². The predicted molar refractivity (Wildman–Crippen MR) is 80.3 cm³/mol. The zero-order chi connectivity index (χ0) is 14.7. The molecule has 1 aliphatic heterocycles. The van der Waals surface area contributed by atoms with Crippen LogP contribution in [0, 0.1) is 5.82 Å². The van der Waals surface area contributed by atoms with Crippen LogP contribution in [0.2, 0.25) is 0 Å². The second-order valence-electron chi connectivity index (χ2n) is 5.04. The molecule has 1 aromatic heterocycles. The van der Waals surface area contributed by atoms with Crippen molar-refractivity contribution in [2.45, 2.75) is 12.8 Å². The van der Waals surface area contributed by atoms with E-state index in [1.807, 2.05) is 18.2 Å². The van der Waals surface area contributed by atoms with Crippen molar-refractivity contribution in [1.29, 1.82) is 0 Å². The Morgan fingerprint density at radius 1 is 1.10 bits per heavy atom.